The highest BCUT2D eigenvalue weighted by atomic mass is 16.5. The van der Waals surface area contributed by atoms with Gasteiger partial charge in [-0.05, 0) is 12.8 Å². The van der Waals surface area contributed by atoms with Crippen molar-refractivity contribution in [2.24, 2.45) is 0 Å². The van der Waals surface area contributed by atoms with Gasteiger partial charge < -0.3 is 14.6 Å². The van der Waals surface area contributed by atoms with Crippen LogP contribution in [0.2, 0.25) is 0 Å². The molecule has 0 radical (unpaired) electrons. The van der Waals surface area contributed by atoms with E-state index in [1.165, 1.54) is 13.8 Å². The summed E-state index contributed by atoms with van der Waals surface area (Å²) in [6, 6.07) is 0. The van der Waals surface area contributed by atoms with Gasteiger partial charge in [0.2, 0.25) is 0 Å². The lowest BCUT2D eigenvalue weighted by Gasteiger charge is -2.09. The van der Waals surface area contributed by atoms with Crippen LogP contribution in [-0.4, -0.2) is 36.4 Å². The second-order valence-corrected chi connectivity index (χ2v) is 2.94. The van der Waals surface area contributed by atoms with Crippen LogP contribution in [0.5, 0.6) is 0 Å². The van der Waals surface area contributed by atoms with Gasteiger partial charge in [-0.1, -0.05) is 0 Å². The zero-order chi connectivity index (χ0) is 11.0. The first kappa shape index (κ1) is 12.9. The van der Waals surface area contributed by atoms with Gasteiger partial charge in [-0.15, -0.1) is 0 Å². The van der Waals surface area contributed by atoms with Gasteiger partial charge in [-0.25, -0.2) is 0 Å². The molecule has 0 aliphatic heterocycles. The summed E-state index contributed by atoms with van der Waals surface area (Å²) in [6.07, 6.45) is 0.317. The number of hydrogen-bond donors (Lipinski definition) is 1. The number of aliphatic hydroxyl groups excluding tert-OH is 1. The number of carbonyl (C=O) groups is 2. The molecular weight excluding hydrogens is 188 g/mol. The summed E-state index contributed by atoms with van der Waals surface area (Å²) >= 11 is 0. The maximum Gasteiger partial charge on any atom is 0.302 e. The molecule has 0 saturated carbocycles. The lowest BCUT2D eigenvalue weighted by atomic mass is 10.2. The number of hydrogen-bond acceptors (Lipinski definition) is 5. The van der Waals surface area contributed by atoms with Gasteiger partial charge in [0, 0.05) is 13.8 Å². The summed E-state index contributed by atoms with van der Waals surface area (Å²) in [7, 11) is 0. The highest BCUT2D eigenvalue weighted by molar-refractivity contribution is 5.66. The Kier molecular flexibility index (Phi) is 6.74. The molecule has 1 atom stereocenters. The standard InChI is InChI=1S/C9H16O5/c1-7(10)13-5-3-4-9(12)6-14-8(2)11/h9,12H,3-6H2,1-2H3. The zero-order valence-corrected chi connectivity index (χ0v) is 8.49. The molecule has 0 spiro atoms. The maximum absolute atomic E-state index is 10.4. The molecule has 0 saturated heterocycles. The van der Waals surface area contributed by atoms with E-state index in [1.54, 1.807) is 0 Å². The van der Waals surface area contributed by atoms with Gasteiger partial charge in [-0.3, -0.25) is 9.59 Å². The number of carbonyl (C=O) groups excluding carboxylic acids is 2. The molecule has 0 aromatic heterocycles. The topological polar surface area (TPSA) is 72.8 Å². The smallest absolute Gasteiger partial charge is 0.302 e. The van der Waals surface area contributed by atoms with E-state index in [0.29, 0.717) is 12.8 Å². The first-order valence-electron chi connectivity index (χ1n) is 4.47. The van der Waals surface area contributed by atoms with Gasteiger partial charge in [0.1, 0.15) is 6.61 Å². The molecule has 0 rings (SSSR count). The third kappa shape index (κ3) is 8.99. The minimum Gasteiger partial charge on any atom is -0.466 e. The van der Waals surface area contributed by atoms with Crippen molar-refractivity contribution in [1.82, 2.24) is 0 Å². The van der Waals surface area contributed by atoms with Crippen LogP contribution >= 0.6 is 0 Å². The molecule has 0 aromatic carbocycles. The Labute approximate surface area is 83.0 Å². The third-order valence-electron chi connectivity index (χ3n) is 1.47. The fourth-order valence-corrected chi connectivity index (χ4v) is 0.832. The van der Waals surface area contributed by atoms with Crippen LogP contribution in [0.25, 0.3) is 0 Å². The average Bonchev–Trinajstić information content (AvgIpc) is 2.08. The van der Waals surface area contributed by atoms with Gasteiger partial charge in [0.25, 0.3) is 0 Å². The Morgan fingerprint density at radius 3 is 2.29 bits per heavy atom. The minimum atomic E-state index is -0.686. The predicted molar refractivity (Wildman–Crippen MR) is 48.5 cm³/mol. The molecule has 1 N–H and O–H groups in total. The highest BCUT2D eigenvalue weighted by Crippen LogP contribution is 1.98. The van der Waals surface area contributed by atoms with E-state index in [2.05, 4.69) is 9.47 Å². The third-order valence-corrected chi connectivity index (χ3v) is 1.47. The van der Waals surface area contributed by atoms with Crippen molar-refractivity contribution < 1.29 is 24.2 Å². The van der Waals surface area contributed by atoms with Crippen molar-refractivity contribution in [3.63, 3.8) is 0 Å². The molecule has 0 aromatic rings. The summed E-state index contributed by atoms with van der Waals surface area (Å²) in [4.78, 5) is 20.7. The monoisotopic (exact) mass is 204 g/mol. The fraction of sp³-hybridized carbons (Fsp3) is 0.778. The molecule has 82 valence electrons. The average molecular weight is 204 g/mol. The summed E-state index contributed by atoms with van der Waals surface area (Å²) in [6.45, 7) is 2.89. The second-order valence-electron chi connectivity index (χ2n) is 2.94. The number of ether oxygens (including phenoxy) is 2. The molecule has 0 aliphatic rings. The largest absolute Gasteiger partial charge is 0.466 e. The minimum absolute atomic E-state index is 0.00456. The van der Waals surface area contributed by atoms with E-state index in [4.69, 9.17) is 0 Å². The summed E-state index contributed by atoms with van der Waals surface area (Å²) in [5.74, 6) is -0.747. The molecule has 0 amide bonds. The van der Waals surface area contributed by atoms with E-state index >= 15 is 0 Å². The number of esters is 2. The van der Waals surface area contributed by atoms with E-state index in [-0.39, 0.29) is 19.2 Å². The lowest BCUT2D eigenvalue weighted by Crippen LogP contribution is -2.18. The van der Waals surface area contributed by atoms with Crippen LogP contribution in [0.3, 0.4) is 0 Å². The Morgan fingerprint density at radius 2 is 1.79 bits per heavy atom. The van der Waals surface area contributed by atoms with Crippen LogP contribution < -0.4 is 0 Å². The van der Waals surface area contributed by atoms with Crippen LogP contribution in [-0.2, 0) is 19.1 Å². The maximum atomic E-state index is 10.4. The normalized spacial score (nSPS) is 11.9. The van der Waals surface area contributed by atoms with Gasteiger partial charge >= 0.3 is 11.9 Å². The molecule has 5 nitrogen and oxygen atoms in total. The molecule has 1 unspecified atom stereocenters. The second kappa shape index (κ2) is 7.32. The van der Waals surface area contributed by atoms with Crippen LogP contribution in [0, 0.1) is 0 Å². The Bertz CT molecular complexity index is 190. The van der Waals surface area contributed by atoms with Crippen LogP contribution in [0.1, 0.15) is 26.7 Å². The van der Waals surface area contributed by atoms with Crippen molar-refractivity contribution in [1.29, 1.82) is 0 Å². The Morgan fingerprint density at radius 1 is 1.21 bits per heavy atom. The van der Waals surface area contributed by atoms with E-state index in [0.717, 1.165) is 0 Å². The van der Waals surface area contributed by atoms with E-state index in [1.807, 2.05) is 0 Å². The quantitative estimate of drug-likeness (QED) is 0.496. The van der Waals surface area contributed by atoms with Crippen molar-refractivity contribution in [2.45, 2.75) is 32.8 Å². The van der Waals surface area contributed by atoms with Gasteiger partial charge in [0.15, 0.2) is 0 Å². The van der Waals surface area contributed by atoms with Crippen LogP contribution in [0.4, 0.5) is 0 Å². The van der Waals surface area contributed by atoms with Gasteiger partial charge in [0.05, 0.1) is 12.7 Å². The zero-order valence-electron chi connectivity index (χ0n) is 8.49. The SMILES string of the molecule is CC(=O)OCCCC(O)COC(C)=O. The van der Waals surface area contributed by atoms with Crippen LogP contribution in [0.15, 0.2) is 0 Å². The van der Waals surface area contributed by atoms with Crippen molar-refractivity contribution in [3.05, 3.63) is 0 Å². The number of aliphatic hydroxyl groups is 1. The predicted octanol–water partition coefficient (Wildman–Crippen LogP) is 0.254. The molecule has 5 heteroatoms. The first-order chi connectivity index (χ1) is 6.52. The molecular formula is C9H16O5. The number of rotatable bonds is 6. The Hall–Kier alpha value is -1.10. The van der Waals surface area contributed by atoms with E-state index in [9.17, 15) is 14.7 Å². The van der Waals surface area contributed by atoms with Gasteiger partial charge in [-0.2, -0.15) is 0 Å². The summed E-state index contributed by atoms with van der Waals surface area (Å²) in [5.41, 5.74) is 0. The fourth-order valence-electron chi connectivity index (χ4n) is 0.832. The summed E-state index contributed by atoms with van der Waals surface area (Å²) < 4.78 is 9.25. The van der Waals surface area contributed by atoms with Crippen molar-refractivity contribution in [3.8, 4) is 0 Å². The highest BCUT2D eigenvalue weighted by Gasteiger charge is 2.06. The Balaban J connectivity index is 3.30. The van der Waals surface area contributed by atoms with Crippen molar-refractivity contribution >= 4 is 11.9 Å². The van der Waals surface area contributed by atoms with E-state index < -0.39 is 12.1 Å². The summed E-state index contributed by atoms with van der Waals surface area (Å²) in [5, 5.41) is 9.25. The lowest BCUT2D eigenvalue weighted by molar-refractivity contribution is -0.144. The molecule has 0 heterocycles. The molecule has 14 heavy (non-hydrogen) atoms. The van der Waals surface area contributed by atoms with Crippen molar-refractivity contribution in [2.75, 3.05) is 13.2 Å². The first-order valence-corrected chi connectivity index (χ1v) is 4.47. The molecule has 0 aliphatic carbocycles. The molecule has 0 bridgehead atoms. The molecule has 0 fully saturated rings.